The first-order valence-corrected chi connectivity index (χ1v) is 14.0. The molecule has 6 rings (SSSR count). The van der Waals surface area contributed by atoms with Gasteiger partial charge in [-0.1, -0.05) is 116 Å². The Balaban J connectivity index is 0.000000184. The third-order valence-electron chi connectivity index (χ3n) is 6.20. The van der Waals surface area contributed by atoms with Crippen molar-refractivity contribution in [3.63, 3.8) is 0 Å². The van der Waals surface area contributed by atoms with Crippen LogP contribution >= 0.6 is 31.9 Å². The molecule has 0 atom stereocenters. The Hall–Kier alpha value is -3.75. The summed E-state index contributed by atoms with van der Waals surface area (Å²) >= 11 is 6.77. The zero-order valence-corrected chi connectivity index (χ0v) is 25.7. The van der Waals surface area contributed by atoms with Gasteiger partial charge >= 0.3 is 16.8 Å². The topological polar surface area (TPSA) is 70.8 Å². The number of benzene rings is 6. The van der Waals surface area contributed by atoms with E-state index in [-0.39, 0.29) is 28.3 Å². The van der Waals surface area contributed by atoms with E-state index in [2.05, 4.69) is 41.8 Å². The molecule has 0 aliphatic carbocycles. The molecule has 0 saturated carbocycles. The predicted octanol–water partition coefficient (Wildman–Crippen LogP) is 8.85. The zero-order valence-electron chi connectivity index (χ0n) is 21.5. The summed E-state index contributed by atoms with van der Waals surface area (Å²) in [5.41, 5.74) is 2.90. The number of nitrogens with zero attached hydrogens (tertiary/aromatic N) is 2. The Labute approximate surface area is 265 Å². The molecule has 6 aromatic rings. The van der Waals surface area contributed by atoms with Crippen molar-refractivity contribution in [1.82, 2.24) is 0 Å². The molecule has 0 aliphatic heterocycles. The summed E-state index contributed by atoms with van der Waals surface area (Å²) in [5.74, 6) is -0.0193. The fourth-order valence-electron chi connectivity index (χ4n) is 4.15. The summed E-state index contributed by atoms with van der Waals surface area (Å²) in [5, 5.41) is 28.0. The van der Waals surface area contributed by atoms with Crippen LogP contribution in [0.25, 0.3) is 21.5 Å². The van der Waals surface area contributed by atoms with E-state index in [0.29, 0.717) is 11.1 Å². The third kappa shape index (κ3) is 7.71. The molecular formula is C34H22Br2CoN2O2. The quantitative estimate of drug-likeness (QED) is 0.172. The molecule has 0 aliphatic rings. The van der Waals surface area contributed by atoms with Crippen molar-refractivity contribution in [3.05, 3.63) is 141 Å². The van der Waals surface area contributed by atoms with Crippen molar-refractivity contribution in [1.29, 1.82) is 0 Å². The van der Waals surface area contributed by atoms with Gasteiger partial charge in [0, 0.05) is 21.4 Å². The average Bonchev–Trinajstić information content (AvgIpc) is 2.98. The molecule has 7 heteroatoms. The van der Waals surface area contributed by atoms with E-state index in [1.54, 1.807) is 24.6 Å². The Kier molecular flexibility index (Phi) is 10.5. The average molecular weight is 709 g/mol. The molecule has 0 fully saturated rings. The Bertz CT molecular complexity index is 1700. The fourth-order valence-corrected chi connectivity index (χ4v) is 4.68. The van der Waals surface area contributed by atoms with Crippen LogP contribution in [0, 0.1) is 0 Å². The maximum absolute atomic E-state index is 12.0. The fraction of sp³-hybridized carbons (Fsp3) is 0. The van der Waals surface area contributed by atoms with Gasteiger partial charge in [-0.15, -0.1) is 0 Å². The minimum Gasteiger partial charge on any atom is -0.872 e. The van der Waals surface area contributed by atoms with Gasteiger partial charge in [0.05, 0.1) is 11.4 Å². The molecule has 0 spiro atoms. The third-order valence-corrected chi connectivity index (χ3v) is 7.26. The van der Waals surface area contributed by atoms with E-state index in [9.17, 15) is 10.2 Å². The van der Waals surface area contributed by atoms with Crippen LogP contribution in [0.4, 0.5) is 11.4 Å². The summed E-state index contributed by atoms with van der Waals surface area (Å²) in [4.78, 5) is 8.77. The van der Waals surface area contributed by atoms with Crippen molar-refractivity contribution in [2.45, 2.75) is 0 Å². The van der Waals surface area contributed by atoms with Crippen LogP contribution in [0.1, 0.15) is 11.1 Å². The van der Waals surface area contributed by atoms with Gasteiger partial charge in [0.25, 0.3) is 0 Å². The van der Waals surface area contributed by atoms with Crippen LogP contribution in [-0.4, -0.2) is 12.4 Å². The van der Waals surface area contributed by atoms with Gasteiger partial charge in [-0.2, -0.15) is 0 Å². The summed E-state index contributed by atoms with van der Waals surface area (Å²) in [6.45, 7) is 0. The molecule has 0 unspecified atom stereocenters. The van der Waals surface area contributed by atoms with Crippen LogP contribution in [0.3, 0.4) is 0 Å². The van der Waals surface area contributed by atoms with Crippen molar-refractivity contribution in [2.75, 3.05) is 0 Å². The Morgan fingerprint density at radius 1 is 0.463 bits per heavy atom. The monoisotopic (exact) mass is 707 g/mol. The molecule has 0 saturated heterocycles. The summed E-state index contributed by atoms with van der Waals surface area (Å²) in [6, 6.07) is 37.8. The molecule has 0 N–H and O–H groups in total. The maximum atomic E-state index is 12.0. The van der Waals surface area contributed by atoms with Gasteiger partial charge in [0.1, 0.15) is 0 Å². The predicted molar refractivity (Wildman–Crippen MR) is 170 cm³/mol. The molecule has 1 radical (unpaired) electrons. The molecule has 0 amide bonds. The van der Waals surface area contributed by atoms with Gasteiger partial charge in [-0.3, -0.25) is 9.98 Å². The first-order valence-electron chi connectivity index (χ1n) is 12.4. The SMILES string of the molecule is [Co+2].[O-]c1ccc2ccccc2c1C=Nc1ccc(Br)cc1.[O-]c1ccc2ccccc2c1C=Nc1ccc(Br)cc1. The Morgan fingerprint density at radius 3 is 1.22 bits per heavy atom. The first-order chi connectivity index (χ1) is 19.5. The standard InChI is InChI=1S/2C17H12BrNO.Co/c2*18-13-6-8-14(9-7-13)19-11-16-15-4-2-1-3-12(15)5-10-17(16)20;/h2*1-11,20H;/q;;+2/p-2. The number of fused-ring (bicyclic) bond motifs is 2. The number of hydrogen-bond donors (Lipinski definition) is 0. The van der Waals surface area contributed by atoms with Crippen LogP contribution < -0.4 is 10.2 Å². The van der Waals surface area contributed by atoms with E-state index in [1.807, 2.05) is 109 Å². The Morgan fingerprint density at radius 2 is 0.829 bits per heavy atom. The van der Waals surface area contributed by atoms with Gasteiger partial charge in [0.15, 0.2) is 0 Å². The van der Waals surface area contributed by atoms with Crippen LogP contribution in [-0.2, 0) is 16.8 Å². The van der Waals surface area contributed by atoms with Crippen molar-refractivity contribution < 1.29 is 27.0 Å². The second-order valence-electron chi connectivity index (χ2n) is 8.87. The van der Waals surface area contributed by atoms with Gasteiger partial charge < -0.3 is 10.2 Å². The van der Waals surface area contributed by atoms with Crippen LogP contribution in [0.5, 0.6) is 11.5 Å². The van der Waals surface area contributed by atoms with E-state index in [0.717, 1.165) is 41.9 Å². The van der Waals surface area contributed by atoms with Crippen molar-refractivity contribution in [3.8, 4) is 11.5 Å². The van der Waals surface area contributed by atoms with E-state index < -0.39 is 0 Å². The van der Waals surface area contributed by atoms with E-state index in [1.165, 1.54) is 0 Å². The summed E-state index contributed by atoms with van der Waals surface area (Å²) in [7, 11) is 0. The normalized spacial score (nSPS) is 11.0. The minimum absolute atomic E-state index is 0. The molecule has 0 heterocycles. The first kappa shape index (κ1) is 30.2. The van der Waals surface area contributed by atoms with Gasteiger partial charge in [-0.25, -0.2) is 0 Å². The maximum Gasteiger partial charge on any atom is 2.00 e. The molecule has 6 aromatic carbocycles. The molecule has 0 bridgehead atoms. The molecule has 4 nitrogen and oxygen atoms in total. The molecular weight excluding hydrogens is 687 g/mol. The van der Waals surface area contributed by atoms with Crippen molar-refractivity contribution >= 4 is 77.2 Å². The number of hydrogen-bond acceptors (Lipinski definition) is 4. The van der Waals surface area contributed by atoms with E-state index >= 15 is 0 Å². The van der Waals surface area contributed by atoms with Gasteiger partial charge in [-0.05, 0) is 81.2 Å². The molecule has 203 valence electrons. The van der Waals surface area contributed by atoms with Crippen molar-refractivity contribution in [2.24, 2.45) is 9.98 Å². The zero-order chi connectivity index (χ0) is 27.9. The summed E-state index contributed by atoms with van der Waals surface area (Å²) < 4.78 is 2.01. The summed E-state index contributed by atoms with van der Waals surface area (Å²) in [6.07, 6.45) is 3.29. The smallest absolute Gasteiger partial charge is 0.872 e. The van der Waals surface area contributed by atoms with Crippen LogP contribution in [0.2, 0.25) is 0 Å². The largest absolute Gasteiger partial charge is 2.00 e. The van der Waals surface area contributed by atoms with Gasteiger partial charge in [0.2, 0.25) is 0 Å². The second-order valence-corrected chi connectivity index (χ2v) is 10.7. The number of rotatable bonds is 4. The molecule has 41 heavy (non-hydrogen) atoms. The number of aliphatic imine (C=N–C) groups is 2. The van der Waals surface area contributed by atoms with Crippen LogP contribution in [0.15, 0.2) is 140 Å². The number of halogens is 2. The molecule has 0 aromatic heterocycles. The van der Waals surface area contributed by atoms with E-state index in [4.69, 9.17) is 0 Å². The minimum atomic E-state index is -0.00967. The second kappa shape index (κ2) is 14.2.